The summed E-state index contributed by atoms with van der Waals surface area (Å²) in [6.07, 6.45) is 2.75. The molecule has 0 spiro atoms. The van der Waals surface area contributed by atoms with Crippen LogP contribution in [-0.2, 0) is 6.54 Å². The van der Waals surface area contributed by atoms with Gasteiger partial charge in [-0.15, -0.1) is 5.10 Å². The molecule has 0 unspecified atom stereocenters. The van der Waals surface area contributed by atoms with E-state index in [1.54, 1.807) is 18.3 Å². The fourth-order valence-electron chi connectivity index (χ4n) is 1.86. The van der Waals surface area contributed by atoms with Gasteiger partial charge in [0.05, 0.1) is 16.8 Å². The second kappa shape index (κ2) is 6.25. The minimum absolute atomic E-state index is 0.0218. The van der Waals surface area contributed by atoms with E-state index in [0.717, 1.165) is 24.2 Å². The molecule has 1 aromatic heterocycles. The van der Waals surface area contributed by atoms with Crippen LogP contribution in [0.4, 0.5) is 5.69 Å². The van der Waals surface area contributed by atoms with Crippen molar-refractivity contribution in [3.8, 4) is 5.69 Å². The summed E-state index contributed by atoms with van der Waals surface area (Å²) in [5, 5.41) is 22.3. The third-order valence-corrected chi connectivity index (χ3v) is 2.85. The van der Waals surface area contributed by atoms with E-state index in [4.69, 9.17) is 0 Å². The highest BCUT2D eigenvalue weighted by Crippen LogP contribution is 2.23. The molecule has 106 valence electrons. The van der Waals surface area contributed by atoms with Crippen molar-refractivity contribution >= 4 is 5.69 Å². The molecule has 1 N–H and O–H groups in total. The maximum atomic E-state index is 11.1. The summed E-state index contributed by atoms with van der Waals surface area (Å²) in [6.45, 7) is 5.47. The Balaban J connectivity index is 2.27. The van der Waals surface area contributed by atoms with Gasteiger partial charge in [0.25, 0.3) is 5.69 Å². The van der Waals surface area contributed by atoms with E-state index in [1.165, 1.54) is 10.7 Å². The first-order valence-electron chi connectivity index (χ1n) is 6.49. The molecule has 0 saturated carbocycles. The Morgan fingerprint density at radius 3 is 2.95 bits per heavy atom. The van der Waals surface area contributed by atoms with Crippen molar-refractivity contribution in [2.75, 3.05) is 6.54 Å². The molecule has 2 rings (SSSR count). The van der Waals surface area contributed by atoms with Crippen LogP contribution < -0.4 is 5.32 Å². The van der Waals surface area contributed by atoms with Crippen LogP contribution in [0.2, 0.25) is 0 Å². The van der Waals surface area contributed by atoms with E-state index < -0.39 is 4.92 Å². The lowest BCUT2D eigenvalue weighted by molar-refractivity contribution is -0.384. The van der Waals surface area contributed by atoms with Crippen LogP contribution in [0.25, 0.3) is 5.69 Å². The average Bonchev–Trinajstić information content (AvgIpc) is 2.87. The Hall–Kier alpha value is -2.28. The van der Waals surface area contributed by atoms with Crippen LogP contribution in [0.1, 0.15) is 24.6 Å². The van der Waals surface area contributed by atoms with Gasteiger partial charge in [0.1, 0.15) is 5.69 Å². The molecular formula is C13H17N5O2. The van der Waals surface area contributed by atoms with Gasteiger partial charge in [0.15, 0.2) is 0 Å². The Bertz CT molecular complexity index is 609. The monoisotopic (exact) mass is 275 g/mol. The Morgan fingerprint density at radius 1 is 1.45 bits per heavy atom. The molecule has 0 aliphatic heterocycles. The van der Waals surface area contributed by atoms with Crippen molar-refractivity contribution in [1.82, 2.24) is 20.3 Å². The molecule has 0 amide bonds. The van der Waals surface area contributed by atoms with Crippen LogP contribution >= 0.6 is 0 Å². The second-order valence-corrected chi connectivity index (χ2v) is 4.58. The minimum atomic E-state index is -0.411. The molecule has 1 aromatic carbocycles. The molecule has 0 saturated heterocycles. The summed E-state index contributed by atoms with van der Waals surface area (Å²) in [4.78, 5) is 10.6. The molecule has 0 atom stereocenters. The minimum Gasteiger partial charge on any atom is -0.311 e. The summed E-state index contributed by atoms with van der Waals surface area (Å²) in [5.74, 6) is 0. The van der Waals surface area contributed by atoms with Gasteiger partial charge in [-0.3, -0.25) is 10.1 Å². The van der Waals surface area contributed by atoms with Crippen molar-refractivity contribution in [1.29, 1.82) is 0 Å². The topological polar surface area (TPSA) is 85.9 Å². The molecule has 7 nitrogen and oxygen atoms in total. The van der Waals surface area contributed by atoms with Crippen molar-refractivity contribution < 1.29 is 4.92 Å². The summed E-state index contributed by atoms with van der Waals surface area (Å²) < 4.78 is 1.45. The zero-order valence-corrected chi connectivity index (χ0v) is 11.5. The maximum absolute atomic E-state index is 11.1. The predicted octanol–water partition coefficient (Wildman–Crippen LogP) is 1.98. The van der Waals surface area contributed by atoms with E-state index in [-0.39, 0.29) is 5.69 Å². The van der Waals surface area contributed by atoms with Crippen LogP contribution in [0.15, 0.2) is 24.4 Å². The SMILES string of the molecule is CCCNCc1cn(-c2cc(C)ccc2[N+](=O)[O-])nn1. The van der Waals surface area contributed by atoms with Crippen LogP contribution in [0, 0.1) is 17.0 Å². The van der Waals surface area contributed by atoms with Gasteiger partial charge < -0.3 is 5.32 Å². The largest absolute Gasteiger partial charge is 0.311 e. The van der Waals surface area contributed by atoms with Gasteiger partial charge in [-0.25, -0.2) is 4.68 Å². The molecule has 20 heavy (non-hydrogen) atoms. The van der Waals surface area contributed by atoms with Crippen LogP contribution in [-0.4, -0.2) is 26.5 Å². The summed E-state index contributed by atoms with van der Waals surface area (Å²) >= 11 is 0. The number of benzene rings is 1. The molecular weight excluding hydrogens is 258 g/mol. The molecule has 0 radical (unpaired) electrons. The Morgan fingerprint density at radius 2 is 2.25 bits per heavy atom. The van der Waals surface area contributed by atoms with Crippen LogP contribution in [0.5, 0.6) is 0 Å². The Labute approximate surface area is 116 Å². The standard InChI is InChI=1S/C13H17N5O2/c1-3-6-14-8-11-9-17(16-15-11)13-7-10(2)4-5-12(13)18(19)20/h4-5,7,9,14H,3,6,8H2,1-2H3. The van der Waals surface area contributed by atoms with Gasteiger partial charge in [0.2, 0.25) is 0 Å². The Kier molecular flexibility index (Phi) is 4.41. The molecule has 0 fully saturated rings. The summed E-state index contributed by atoms with van der Waals surface area (Å²) in [5.41, 5.74) is 2.15. The van der Waals surface area contributed by atoms with Gasteiger partial charge in [0, 0.05) is 12.6 Å². The lowest BCUT2D eigenvalue weighted by atomic mass is 10.2. The van der Waals surface area contributed by atoms with Gasteiger partial charge in [-0.2, -0.15) is 0 Å². The third-order valence-electron chi connectivity index (χ3n) is 2.85. The zero-order valence-electron chi connectivity index (χ0n) is 11.5. The van der Waals surface area contributed by atoms with Gasteiger partial charge in [-0.05, 0) is 31.5 Å². The van der Waals surface area contributed by atoms with E-state index >= 15 is 0 Å². The quantitative estimate of drug-likeness (QED) is 0.495. The van der Waals surface area contributed by atoms with E-state index in [0.29, 0.717) is 12.2 Å². The fraction of sp³-hybridized carbons (Fsp3) is 0.385. The smallest absolute Gasteiger partial charge is 0.294 e. The highest BCUT2D eigenvalue weighted by Gasteiger charge is 2.16. The molecule has 0 aliphatic carbocycles. The summed E-state index contributed by atoms with van der Waals surface area (Å²) in [6, 6.07) is 4.93. The van der Waals surface area contributed by atoms with E-state index in [9.17, 15) is 10.1 Å². The fourth-order valence-corrected chi connectivity index (χ4v) is 1.86. The second-order valence-electron chi connectivity index (χ2n) is 4.58. The van der Waals surface area contributed by atoms with Crippen molar-refractivity contribution in [2.45, 2.75) is 26.8 Å². The molecule has 1 heterocycles. The lowest BCUT2D eigenvalue weighted by Gasteiger charge is -2.03. The average molecular weight is 275 g/mol. The molecule has 0 aliphatic rings. The molecule has 0 bridgehead atoms. The molecule has 7 heteroatoms. The van der Waals surface area contributed by atoms with Crippen LogP contribution in [0.3, 0.4) is 0 Å². The lowest BCUT2D eigenvalue weighted by Crippen LogP contribution is -2.13. The normalized spacial score (nSPS) is 10.7. The predicted molar refractivity (Wildman–Crippen MR) is 74.7 cm³/mol. The first-order valence-corrected chi connectivity index (χ1v) is 6.49. The maximum Gasteiger partial charge on any atom is 0.294 e. The number of rotatable bonds is 6. The highest BCUT2D eigenvalue weighted by molar-refractivity contribution is 5.53. The third kappa shape index (κ3) is 3.18. The van der Waals surface area contributed by atoms with Gasteiger partial charge >= 0.3 is 0 Å². The number of nitro benzene ring substituents is 1. The number of nitrogens with zero attached hydrogens (tertiary/aromatic N) is 4. The van der Waals surface area contributed by atoms with Gasteiger partial charge in [-0.1, -0.05) is 18.2 Å². The van der Waals surface area contributed by atoms with Crippen molar-refractivity contribution in [3.63, 3.8) is 0 Å². The van der Waals surface area contributed by atoms with E-state index in [1.807, 2.05) is 6.92 Å². The number of hydrogen-bond donors (Lipinski definition) is 1. The summed E-state index contributed by atoms with van der Waals surface area (Å²) in [7, 11) is 0. The number of nitro groups is 1. The van der Waals surface area contributed by atoms with Crippen molar-refractivity contribution in [2.24, 2.45) is 0 Å². The zero-order chi connectivity index (χ0) is 14.5. The number of aryl methyl sites for hydroxylation is 1. The highest BCUT2D eigenvalue weighted by atomic mass is 16.6. The number of aromatic nitrogens is 3. The van der Waals surface area contributed by atoms with Crippen molar-refractivity contribution in [3.05, 3.63) is 45.8 Å². The molecule has 2 aromatic rings. The number of nitrogens with one attached hydrogen (secondary N) is 1. The van der Waals surface area contributed by atoms with E-state index in [2.05, 4.69) is 22.6 Å². The first kappa shape index (κ1) is 14.1. The number of hydrogen-bond acceptors (Lipinski definition) is 5. The first-order chi connectivity index (χ1) is 9.61.